The highest BCUT2D eigenvalue weighted by Gasteiger charge is 2.35. The Balaban J connectivity index is 1.21. The van der Waals surface area contributed by atoms with Gasteiger partial charge in [-0.2, -0.15) is 0 Å². The van der Waals surface area contributed by atoms with Gasteiger partial charge < -0.3 is 0 Å². The van der Waals surface area contributed by atoms with Crippen molar-refractivity contribution >= 4 is 53.9 Å². The summed E-state index contributed by atoms with van der Waals surface area (Å²) < 4.78 is 0. The first-order valence-corrected chi connectivity index (χ1v) is 20.8. The summed E-state index contributed by atoms with van der Waals surface area (Å²) in [7, 11) is 0. The summed E-state index contributed by atoms with van der Waals surface area (Å²) in [5.74, 6) is 0. The van der Waals surface area contributed by atoms with Gasteiger partial charge >= 0.3 is 0 Å². The highest BCUT2D eigenvalue weighted by atomic mass is 14.4. The van der Waals surface area contributed by atoms with E-state index < -0.39 is 0 Å². The molecule has 1 aliphatic carbocycles. The van der Waals surface area contributed by atoms with Gasteiger partial charge in [-0.05, 0) is 133 Å². The maximum absolute atomic E-state index is 2.51. The molecule has 0 amide bonds. The maximum atomic E-state index is 2.51. The first kappa shape index (κ1) is 33.8. The van der Waals surface area contributed by atoms with E-state index in [1.165, 1.54) is 121 Å². The summed E-state index contributed by atoms with van der Waals surface area (Å²) in [6.07, 6.45) is 0. The highest BCUT2D eigenvalue weighted by Crippen LogP contribution is 2.52. The van der Waals surface area contributed by atoms with Gasteiger partial charge in [-0.1, -0.05) is 208 Å². The van der Waals surface area contributed by atoms with E-state index in [4.69, 9.17) is 0 Å². The van der Waals surface area contributed by atoms with Crippen molar-refractivity contribution in [3.05, 3.63) is 217 Å². The Kier molecular flexibility index (Phi) is 7.38. The quantitative estimate of drug-likeness (QED) is 0.157. The molecule has 59 heavy (non-hydrogen) atoms. The van der Waals surface area contributed by atoms with Crippen LogP contribution in [0.5, 0.6) is 0 Å². The molecule has 0 unspecified atom stereocenters. The van der Waals surface area contributed by atoms with Crippen molar-refractivity contribution < 1.29 is 0 Å². The van der Waals surface area contributed by atoms with Crippen LogP contribution in [-0.4, -0.2) is 0 Å². The van der Waals surface area contributed by atoms with E-state index in [0.717, 1.165) is 0 Å². The van der Waals surface area contributed by atoms with Gasteiger partial charge in [0.25, 0.3) is 0 Å². The Morgan fingerprint density at radius 2 is 0.695 bits per heavy atom. The van der Waals surface area contributed by atoms with Crippen LogP contribution in [0.4, 0.5) is 0 Å². The van der Waals surface area contributed by atoms with Crippen LogP contribution in [0, 0.1) is 0 Å². The zero-order valence-corrected chi connectivity index (χ0v) is 33.1. The molecule has 11 aromatic rings. The van der Waals surface area contributed by atoms with Crippen molar-refractivity contribution in [1.29, 1.82) is 0 Å². The fourth-order valence-electron chi connectivity index (χ4n) is 10.6. The van der Waals surface area contributed by atoms with Crippen molar-refractivity contribution in [3.8, 4) is 55.6 Å². The summed E-state index contributed by atoms with van der Waals surface area (Å²) in [4.78, 5) is 0. The lowest BCUT2D eigenvalue weighted by molar-refractivity contribution is 0.660. The average molecular weight is 749 g/mol. The molecule has 0 fully saturated rings. The molecule has 12 rings (SSSR count). The molecular formula is C59H40. The van der Waals surface area contributed by atoms with Gasteiger partial charge in [0.05, 0.1) is 0 Å². The first-order valence-electron chi connectivity index (χ1n) is 20.8. The van der Waals surface area contributed by atoms with Crippen LogP contribution < -0.4 is 0 Å². The second-order valence-corrected chi connectivity index (χ2v) is 16.7. The van der Waals surface area contributed by atoms with Gasteiger partial charge in [0.2, 0.25) is 0 Å². The molecule has 0 aliphatic heterocycles. The number of hydrogen-bond donors (Lipinski definition) is 0. The molecule has 1 aliphatic rings. The minimum absolute atomic E-state index is 0.0996. The topological polar surface area (TPSA) is 0 Å². The van der Waals surface area contributed by atoms with E-state index >= 15 is 0 Å². The summed E-state index contributed by atoms with van der Waals surface area (Å²) in [6, 6.07) is 77.1. The van der Waals surface area contributed by atoms with E-state index in [9.17, 15) is 0 Å². The normalized spacial score (nSPS) is 13.1. The molecule has 0 bridgehead atoms. The molecule has 0 N–H and O–H groups in total. The zero-order chi connectivity index (χ0) is 39.2. The molecule has 0 heterocycles. The van der Waals surface area contributed by atoms with Crippen LogP contribution >= 0.6 is 0 Å². The largest absolute Gasteiger partial charge is 0.0622 e. The van der Waals surface area contributed by atoms with Gasteiger partial charge in [0.1, 0.15) is 0 Å². The molecule has 0 aromatic heterocycles. The minimum Gasteiger partial charge on any atom is -0.0622 e. The lowest BCUT2D eigenvalue weighted by Gasteiger charge is -2.23. The SMILES string of the molecule is CC1(C)c2ccccc2-c2ccc(-c3c4ccccc4c(-c4cccc5ccccc45)c4cc(-c5c6ccccc6c(-c6ccccc6)c6ccccc56)ccc34)cc21. The summed E-state index contributed by atoms with van der Waals surface area (Å²) in [5, 5.41) is 12.6. The Bertz CT molecular complexity index is 3450. The molecule has 276 valence electrons. The number of hydrogen-bond acceptors (Lipinski definition) is 0. The van der Waals surface area contributed by atoms with E-state index in [1.807, 2.05) is 0 Å². The Morgan fingerprint density at radius 1 is 0.254 bits per heavy atom. The smallest absolute Gasteiger partial charge is 0.0159 e. The Hall–Kier alpha value is -7.28. The van der Waals surface area contributed by atoms with Crippen LogP contribution in [0.3, 0.4) is 0 Å². The summed E-state index contributed by atoms with van der Waals surface area (Å²) >= 11 is 0. The number of benzene rings is 11. The third-order valence-corrected chi connectivity index (χ3v) is 13.2. The second kappa shape index (κ2) is 12.9. The van der Waals surface area contributed by atoms with Gasteiger partial charge in [-0.15, -0.1) is 0 Å². The predicted octanol–water partition coefficient (Wildman–Crippen LogP) is 16.4. The standard InChI is InChI=1S/C59H40/c1-59(2)53-30-15-14-22-42(53)43-33-31-40(36-54(43)59)57-49-27-12-13-28-50(49)58(44-29-16-20-37-17-6-7-21-41(37)44)52-35-39(32-34-51(52)57)56-47-25-10-8-23-45(47)55(38-18-4-3-5-19-38)46-24-9-11-26-48(46)56/h3-36H,1-2H3. The molecular weight excluding hydrogens is 709 g/mol. The molecule has 0 atom stereocenters. The van der Waals surface area contributed by atoms with Crippen molar-refractivity contribution in [2.75, 3.05) is 0 Å². The van der Waals surface area contributed by atoms with Crippen molar-refractivity contribution in [1.82, 2.24) is 0 Å². The molecule has 11 aromatic carbocycles. The van der Waals surface area contributed by atoms with Gasteiger partial charge in [0.15, 0.2) is 0 Å². The molecule has 0 saturated heterocycles. The maximum Gasteiger partial charge on any atom is 0.0159 e. The molecule has 0 spiro atoms. The van der Waals surface area contributed by atoms with Gasteiger partial charge in [-0.25, -0.2) is 0 Å². The molecule has 0 heteroatoms. The van der Waals surface area contributed by atoms with E-state index in [-0.39, 0.29) is 5.41 Å². The van der Waals surface area contributed by atoms with Crippen LogP contribution in [-0.2, 0) is 5.41 Å². The zero-order valence-electron chi connectivity index (χ0n) is 33.1. The lowest BCUT2D eigenvalue weighted by atomic mass is 9.79. The van der Waals surface area contributed by atoms with Gasteiger partial charge in [0, 0.05) is 5.41 Å². The van der Waals surface area contributed by atoms with Crippen LogP contribution in [0.15, 0.2) is 206 Å². The van der Waals surface area contributed by atoms with E-state index in [2.05, 4.69) is 220 Å². The van der Waals surface area contributed by atoms with Crippen LogP contribution in [0.1, 0.15) is 25.0 Å². The second-order valence-electron chi connectivity index (χ2n) is 16.7. The fourth-order valence-corrected chi connectivity index (χ4v) is 10.6. The molecule has 0 radical (unpaired) electrons. The van der Waals surface area contributed by atoms with E-state index in [0.29, 0.717) is 0 Å². The van der Waals surface area contributed by atoms with Crippen LogP contribution in [0.2, 0.25) is 0 Å². The monoisotopic (exact) mass is 748 g/mol. The third-order valence-electron chi connectivity index (χ3n) is 13.2. The fraction of sp³-hybridized carbons (Fsp3) is 0.0508. The van der Waals surface area contributed by atoms with Crippen molar-refractivity contribution in [2.24, 2.45) is 0 Å². The van der Waals surface area contributed by atoms with Crippen molar-refractivity contribution in [2.45, 2.75) is 19.3 Å². The molecule has 0 nitrogen and oxygen atoms in total. The summed E-state index contributed by atoms with van der Waals surface area (Å²) in [6.45, 7) is 4.76. The summed E-state index contributed by atoms with van der Waals surface area (Å²) in [5.41, 5.74) is 15.5. The molecule has 0 saturated carbocycles. The lowest BCUT2D eigenvalue weighted by Crippen LogP contribution is -2.14. The Labute approximate surface area is 344 Å². The first-order chi connectivity index (χ1) is 29.1. The van der Waals surface area contributed by atoms with Crippen molar-refractivity contribution in [3.63, 3.8) is 0 Å². The number of rotatable bonds is 4. The number of fused-ring (bicyclic) bond motifs is 8. The third kappa shape index (κ3) is 4.96. The highest BCUT2D eigenvalue weighted by molar-refractivity contribution is 6.26. The average Bonchev–Trinajstić information content (AvgIpc) is 3.52. The minimum atomic E-state index is -0.0996. The van der Waals surface area contributed by atoms with Crippen LogP contribution in [0.25, 0.3) is 109 Å². The Morgan fingerprint density at radius 3 is 1.36 bits per heavy atom. The van der Waals surface area contributed by atoms with Gasteiger partial charge in [-0.3, -0.25) is 0 Å². The predicted molar refractivity (Wildman–Crippen MR) is 253 cm³/mol. The van der Waals surface area contributed by atoms with E-state index in [1.54, 1.807) is 0 Å².